The van der Waals surface area contributed by atoms with Crippen molar-refractivity contribution in [3.8, 4) is 0 Å². The van der Waals surface area contributed by atoms with Crippen molar-refractivity contribution in [1.82, 2.24) is 9.80 Å². The number of hydrogen-bond donors (Lipinski definition) is 1. The van der Waals surface area contributed by atoms with Gasteiger partial charge in [-0.05, 0) is 39.9 Å². The second-order valence-corrected chi connectivity index (χ2v) is 4.23. The number of nitrogens with zero attached hydrogens (tertiary/aromatic N) is 2. The molecule has 0 radical (unpaired) electrons. The van der Waals surface area contributed by atoms with E-state index in [0.717, 1.165) is 24.3 Å². The number of hydrogen-bond acceptors (Lipinski definition) is 4. The summed E-state index contributed by atoms with van der Waals surface area (Å²) in [6.07, 6.45) is 1.49. The zero-order chi connectivity index (χ0) is 13.4. The average molecular weight is 246 g/mol. The van der Waals surface area contributed by atoms with E-state index in [4.69, 9.17) is 5.11 Å². The molecule has 0 aliphatic carbocycles. The molecule has 0 saturated carbocycles. The second kappa shape index (κ2) is 7.89. The first kappa shape index (κ1) is 15.7. The Bertz CT molecular complexity index is 256. The molecule has 1 N–H and O–H groups in total. The second-order valence-electron chi connectivity index (χ2n) is 4.23. The van der Waals surface area contributed by atoms with Crippen molar-refractivity contribution in [3.63, 3.8) is 0 Å². The predicted octanol–water partition coefficient (Wildman–Crippen LogP) is 0.870. The Balaban J connectivity index is 4.16. The van der Waals surface area contributed by atoms with Crippen molar-refractivity contribution in [2.24, 2.45) is 0 Å². The number of amides is 1. The molecule has 1 amide bonds. The zero-order valence-corrected chi connectivity index (χ0v) is 11.0. The van der Waals surface area contributed by atoms with Crippen molar-refractivity contribution in [3.05, 3.63) is 0 Å². The minimum atomic E-state index is -0.997. The minimum Gasteiger partial charge on any atom is -0.480 e. The third-order valence-corrected chi connectivity index (χ3v) is 2.55. The van der Waals surface area contributed by atoms with E-state index in [1.165, 1.54) is 14.2 Å². The van der Waals surface area contributed by atoms with E-state index in [0.29, 0.717) is 6.42 Å². The fourth-order valence-corrected chi connectivity index (χ4v) is 1.52. The van der Waals surface area contributed by atoms with Gasteiger partial charge in [-0.2, -0.15) is 0 Å². The van der Waals surface area contributed by atoms with Gasteiger partial charge in [0, 0.05) is 7.05 Å². The molecule has 6 heteroatoms. The van der Waals surface area contributed by atoms with E-state index in [-0.39, 0.29) is 0 Å². The van der Waals surface area contributed by atoms with Crippen LogP contribution in [0.1, 0.15) is 19.3 Å². The Morgan fingerprint density at radius 2 is 1.82 bits per heavy atom. The van der Waals surface area contributed by atoms with Crippen LogP contribution in [0.5, 0.6) is 0 Å². The molecule has 0 aliphatic rings. The van der Waals surface area contributed by atoms with Gasteiger partial charge in [0.2, 0.25) is 0 Å². The molecular formula is C11H22N2O4. The van der Waals surface area contributed by atoms with E-state index in [1.54, 1.807) is 0 Å². The van der Waals surface area contributed by atoms with Gasteiger partial charge in [0.25, 0.3) is 0 Å². The van der Waals surface area contributed by atoms with Gasteiger partial charge in [-0.25, -0.2) is 9.59 Å². The molecular weight excluding hydrogens is 224 g/mol. The Kier molecular flexibility index (Phi) is 7.29. The standard InChI is InChI=1S/C11H22N2O4/c1-12(2)8-6-5-7-9(10(14)15)13(3)11(16)17-4/h9H,5-8H2,1-4H3,(H,14,15). The number of carboxylic acid groups (broad SMARTS) is 1. The monoisotopic (exact) mass is 246 g/mol. The summed E-state index contributed by atoms with van der Waals surface area (Å²) in [4.78, 5) is 25.4. The molecule has 0 fully saturated rings. The average Bonchev–Trinajstić information content (AvgIpc) is 2.26. The summed E-state index contributed by atoms with van der Waals surface area (Å²) in [6, 6.07) is -0.815. The molecule has 0 spiro atoms. The Morgan fingerprint density at radius 1 is 1.24 bits per heavy atom. The van der Waals surface area contributed by atoms with Gasteiger partial charge < -0.3 is 14.7 Å². The Hall–Kier alpha value is -1.30. The molecule has 1 unspecified atom stereocenters. The van der Waals surface area contributed by atoms with E-state index in [2.05, 4.69) is 4.74 Å². The highest BCUT2D eigenvalue weighted by Crippen LogP contribution is 2.09. The predicted molar refractivity (Wildman–Crippen MR) is 64.0 cm³/mol. The number of likely N-dealkylation sites (N-methyl/N-ethyl adjacent to an activating group) is 1. The normalized spacial score (nSPS) is 12.3. The van der Waals surface area contributed by atoms with Crippen LogP contribution in [0.3, 0.4) is 0 Å². The van der Waals surface area contributed by atoms with Crippen molar-refractivity contribution in [2.45, 2.75) is 25.3 Å². The number of carbonyl (C=O) groups is 2. The minimum absolute atomic E-state index is 0.439. The molecule has 0 aromatic heterocycles. The van der Waals surface area contributed by atoms with Crippen LogP contribution >= 0.6 is 0 Å². The largest absolute Gasteiger partial charge is 0.480 e. The van der Waals surface area contributed by atoms with Gasteiger partial charge in [-0.3, -0.25) is 4.90 Å². The summed E-state index contributed by atoms with van der Waals surface area (Å²) in [5.41, 5.74) is 0. The third-order valence-electron chi connectivity index (χ3n) is 2.55. The maximum absolute atomic E-state index is 11.2. The summed E-state index contributed by atoms with van der Waals surface area (Å²) in [5.74, 6) is -0.997. The zero-order valence-electron chi connectivity index (χ0n) is 11.0. The SMILES string of the molecule is COC(=O)N(C)C(CCCCN(C)C)C(=O)O. The first-order valence-corrected chi connectivity index (χ1v) is 5.58. The lowest BCUT2D eigenvalue weighted by Gasteiger charge is -2.23. The number of carboxylic acids is 1. The van der Waals surface area contributed by atoms with Crippen molar-refractivity contribution >= 4 is 12.1 Å². The van der Waals surface area contributed by atoms with Gasteiger partial charge in [0.05, 0.1) is 7.11 Å². The van der Waals surface area contributed by atoms with E-state index in [1.807, 2.05) is 19.0 Å². The number of methoxy groups -OCH3 is 1. The Morgan fingerprint density at radius 3 is 2.24 bits per heavy atom. The van der Waals surface area contributed by atoms with Gasteiger partial charge in [0.15, 0.2) is 0 Å². The van der Waals surface area contributed by atoms with E-state index in [9.17, 15) is 9.59 Å². The lowest BCUT2D eigenvalue weighted by atomic mass is 10.1. The third kappa shape index (κ3) is 6.11. The van der Waals surface area contributed by atoms with E-state index < -0.39 is 18.1 Å². The molecule has 0 aliphatic heterocycles. The molecule has 0 aromatic carbocycles. The van der Waals surface area contributed by atoms with Crippen LogP contribution < -0.4 is 0 Å². The number of carbonyl (C=O) groups excluding carboxylic acids is 1. The molecule has 1 atom stereocenters. The van der Waals surface area contributed by atoms with Crippen molar-refractivity contribution in [1.29, 1.82) is 0 Å². The van der Waals surface area contributed by atoms with Crippen molar-refractivity contribution < 1.29 is 19.4 Å². The van der Waals surface area contributed by atoms with Gasteiger partial charge in [-0.1, -0.05) is 0 Å². The molecule has 0 aromatic rings. The smallest absolute Gasteiger partial charge is 0.409 e. The van der Waals surface area contributed by atoms with Gasteiger partial charge in [-0.15, -0.1) is 0 Å². The topological polar surface area (TPSA) is 70.1 Å². The quantitative estimate of drug-likeness (QED) is 0.675. The lowest BCUT2D eigenvalue weighted by Crippen LogP contribution is -2.42. The van der Waals surface area contributed by atoms with Crippen LogP contribution in [0.2, 0.25) is 0 Å². The van der Waals surface area contributed by atoms with Crippen LogP contribution in [0.15, 0.2) is 0 Å². The summed E-state index contributed by atoms with van der Waals surface area (Å²) in [6.45, 7) is 0.911. The Labute approximate surface area is 102 Å². The molecule has 0 rings (SSSR count). The molecule has 100 valence electrons. The highest BCUT2D eigenvalue weighted by atomic mass is 16.5. The molecule has 6 nitrogen and oxygen atoms in total. The number of unbranched alkanes of at least 4 members (excludes halogenated alkanes) is 1. The fraction of sp³-hybridized carbons (Fsp3) is 0.818. The van der Waals surface area contributed by atoms with Crippen LogP contribution in [-0.4, -0.2) is 67.8 Å². The molecule has 17 heavy (non-hydrogen) atoms. The first-order valence-electron chi connectivity index (χ1n) is 5.58. The van der Waals surface area contributed by atoms with E-state index >= 15 is 0 Å². The summed E-state index contributed by atoms with van der Waals surface area (Å²) in [5, 5.41) is 9.04. The summed E-state index contributed by atoms with van der Waals surface area (Å²) < 4.78 is 4.50. The fourth-order valence-electron chi connectivity index (χ4n) is 1.52. The van der Waals surface area contributed by atoms with Crippen LogP contribution in [0.25, 0.3) is 0 Å². The van der Waals surface area contributed by atoms with Crippen LogP contribution in [0, 0.1) is 0 Å². The van der Waals surface area contributed by atoms with Crippen molar-refractivity contribution in [2.75, 3.05) is 34.8 Å². The maximum Gasteiger partial charge on any atom is 0.409 e. The number of aliphatic carboxylic acids is 1. The highest BCUT2D eigenvalue weighted by Gasteiger charge is 2.26. The highest BCUT2D eigenvalue weighted by molar-refractivity contribution is 5.79. The number of ether oxygens (including phenoxy) is 1. The maximum atomic E-state index is 11.2. The summed E-state index contributed by atoms with van der Waals surface area (Å²) >= 11 is 0. The molecule has 0 bridgehead atoms. The number of rotatable bonds is 7. The van der Waals surface area contributed by atoms with Crippen LogP contribution in [-0.2, 0) is 9.53 Å². The molecule has 0 saturated heterocycles. The van der Waals surface area contributed by atoms with Gasteiger partial charge >= 0.3 is 12.1 Å². The van der Waals surface area contributed by atoms with Crippen LogP contribution in [0.4, 0.5) is 4.79 Å². The van der Waals surface area contributed by atoms with Gasteiger partial charge in [0.1, 0.15) is 6.04 Å². The first-order chi connectivity index (χ1) is 7.90. The lowest BCUT2D eigenvalue weighted by molar-refractivity contribution is -0.142. The molecule has 0 heterocycles. The summed E-state index contributed by atoms with van der Waals surface area (Å²) in [7, 11) is 6.62.